The number of rotatable bonds is 6. The Bertz CT molecular complexity index is 732. The molecule has 0 atom stereocenters. The fourth-order valence-corrected chi connectivity index (χ4v) is 2.09. The third-order valence-corrected chi connectivity index (χ3v) is 3.46. The third-order valence-electron chi connectivity index (χ3n) is 3.46. The van der Waals surface area contributed by atoms with Gasteiger partial charge < -0.3 is 10.1 Å². The van der Waals surface area contributed by atoms with E-state index in [4.69, 9.17) is 4.74 Å². The summed E-state index contributed by atoms with van der Waals surface area (Å²) in [4.78, 5) is 11.8. The van der Waals surface area contributed by atoms with Crippen LogP contribution in [0, 0.1) is 17.5 Å². The number of benzene rings is 2. The molecular weight excluding hydrogens is 319 g/mol. The van der Waals surface area contributed by atoms with Gasteiger partial charge in [-0.3, -0.25) is 4.79 Å². The normalized spacial score (nSPS) is 10.8. The molecule has 0 heterocycles. The molecule has 2 aromatic rings. The van der Waals surface area contributed by atoms with Crippen molar-refractivity contribution in [3.8, 4) is 5.75 Å². The molecule has 2 aromatic carbocycles. The molecule has 1 N–H and O–H groups in total. The molecule has 0 radical (unpaired) electrons. The van der Waals surface area contributed by atoms with Crippen molar-refractivity contribution >= 4 is 5.91 Å². The van der Waals surface area contributed by atoms with Crippen LogP contribution in [0.4, 0.5) is 13.2 Å². The Morgan fingerprint density at radius 2 is 1.88 bits per heavy atom. The molecule has 3 nitrogen and oxygen atoms in total. The number of hydrogen-bond donors (Lipinski definition) is 1. The van der Waals surface area contributed by atoms with Crippen LogP contribution in [0.2, 0.25) is 0 Å². The summed E-state index contributed by atoms with van der Waals surface area (Å²) in [6.45, 7) is 4.40. The van der Waals surface area contributed by atoms with Crippen LogP contribution < -0.4 is 10.1 Å². The molecule has 6 heteroatoms. The molecule has 0 aliphatic heterocycles. The number of hydrogen-bond acceptors (Lipinski definition) is 2. The van der Waals surface area contributed by atoms with E-state index in [2.05, 4.69) is 19.2 Å². The van der Waals surface area contributed by atoms with E-state index in [0.717, 1.165) is 11.6 Å². The Balaban J connectivity index is 1.87. The molecule has 128 valence electrons. The fraction of sp³-hybridized carbons (Fsp3) is 0.278. The molecule has 0 aliphatic carbocycles. The van der Waals surface area contributed by atoms with Crippen molar-refractivity contribution in [1.29, 1.82) is 0 Å². The average molecular weight is 337 g/mol. The van der Waals surface area contributed by atoms with E-state index >= 15 is 0 Å². The highest BCUT2D eigenvalue weighted by Gasteiger charge is 2.18. The first-order valence-corrected chi connectivity index (χ1v) is 7.54. The Morgan fingerprint density at radius 3 is 2.58 bits per heavy atom. The first-order chi connectivity index (χ1) is 11.4. The minimum absolute atomic E-state index is 0.100. The molecule has 1 amide bonds. The highest BCUT2D eigenvalue weighted by atomic mass is 19.2. The Labute approximate surface area is 138 Å². The smallest absolute Gasteiger partial charge is 0.254 e. The average Bonchev–Trinajstić information content (AvgIpc) is 2.57. The van der Waals surface area contributed by atoms with Gasteiger partial charge in [0.25, 0.3) is 5.91 Å². The summed E-state index contributed by atoms with van der Waals surface area (Å²) < 4.78 is 45.0. The standard InChI is InChI=1S/C18H18F3NO2/c1-11(2)12-4-3-5-13(10-12)24-9-8-22-18(23)14-6-7-15(19)17(21)16(14)20/h3-7,10-11H,8-9H2,1-2H3,(H,22,23). The number of halogens is 3. The number of nitrogens with one attached hydrogen (secondary N) is 1. The summed E-state index contributed by atoms with van der Waals surface area (Å²) in [5.41, 5.74) is 0.580. The summed E-state index contributed by atoms with van der Waals surface area (Å²) in [6, 6.07) is 9.17. The zero-order valence-electron chi connectivity index (χ0n) is 13.4. The van der Waals surface area contributed by atoms with Gasteiger partial charge in [-0.2, -0.15) is 0 Å². The molecule has 24 heavy (non-hydrogen) atoms. The lowest BCUT2D eigenvalue weighted by molar-refractivity contribution is 0.0941. The van der Waals surface area contributed by atoms with Crippen molar-refractivity contribution in [2.24, 2.45) is 0 Å². The van der Waals surface area contributed by atoms with Crippen LogP contribution in [0.25, 0.3) is 0 Å². The zero-order chi connectivity index (χ0) is 17.7. The maximum atomic E-state index is 13.5. The molecule has 0 unspecified atom stereocenters. The molecule has 0 aromatic heterocycles. The van der Waals surface area contributed by atoms with E-state index in [-0.39, 0.29) is 13.2 Å². The van der Waals surface area contributed by atoms with E-state index in [1.807, 2.05) is 18.2 Å². The second kappa shape index (κ2) is 7.86. The second-order valence-electron chi connectivity index (χ2n) is 5.55. The van der Waals surface area contributed by atoms with Gasteiger partial charge in [-0.15, -0.1) is 0 Å². The van der Waals surface area contributed by atoms with Crippen molar-refractivity contribution < 1.29 is 22.7 Å². The quantitative estimate of drug-likeness (QED) is 0.638. The van der Waals surface area contributed by atoms with Crippen LogP contribution in [0.15, 0.2) is 36.4 Å². The minimum Gasteiger partial charge on any atom is -0.492 e. The Kier molecular flexibility index (Phi) is 5.84. The predicted octanol–water partition coefficient (Wildman–Crippen LogP) is 4.04. The topological polar surface area (TPSA) is 38.3 Å². The van der Waals surface area contributed by atoms with Crippen molar-refractivity contribution in [3.05, 3.63) is 65.0 Å². The first-order valence-electron chi connectivity index (χ1n) is 7.54. The van der Waals surface area contributed by atoms with Gasteiger partial charge in [-0.05, 0) is 35.7 Å². The lowest BCUT2D eigenvalue weighted by Gasteiger charge is -2.11. The van der Waals surface area contributed by atoms with E-state index in [0.29, 0.717) is 17.7 Å². The van der Waals surface area contributed by atoms with E-state index in [9.17, 15) is 18.0 Å². The van der Waals surface area contributed by atoms with Crippen molar-refractivity contribution in [2.45, 2.75) is 19.8 Å². The summed E-state index contributed by atoms with van der Waals surface area (Å²) in [6.07, 6.45) is 0. The number of carbonyl (C=O) groups excluding carboxylic acids is 1. The van der Waals surface area contributed by atoms with Crippen molar-refractivity contribution in [1.82, 2.24) is 5.32 Å². The van der Waals surface area contributed by atoms with Gasteiger partial charge in [0.1, 0.15) is 12.4 Å². The molecular formula is C18H18F3NO2. The number of amides is 1. The van der Waals surface area contributed by atoms with Crippen LogP contribution in [0.5, 0.6) is 5.75 Å². The highest BCUT2D eigenvalue weighted by Crippen LogP contribution is 2.20. The molecule has 0 saturated heterocycles. The summed E-state index contributed by atoms with van der Waals surface area (Å²) in [5.74, 6) is -4.30. The Hall–Kier alpha value is -2.50. The largest absolute Gasteiger partial charge is 0.492 e. The van der Waals surface area contributed by atoms with Gasteiger partial charge in [0.05, 0.1) is 12.1 Å². The maximum Gasteiger partial charge on any atom is 0.254 e. The predicted molar refractivity (Wildman–Crippen MR) is 84.7 cm³/mol. The van der Waals surface area contributed by atoms with Gasteiger partial charge in [0.15, 0.2) is 17.5 Å². The summed E-state index contributed by atoms with van der Waals surface area (Å²) in [7, 11) is 0. The van der Waals surface area contributed by atoms with E-state index in [1.165, 1.54) is 0 Å². The van der Waals surface area contributed by atoms with Crippen LogP contribution in [0.3, 0.4) is 0 Å². The molecule has 0 saturated carbocycles. The lowest BCUT2D eigenvalue weighted by atomic mass is 10.0. The van der Waals surface area contributed by atoms with Crippen LogP contribution in [-0.4, -0.2) is 19.1 Å². The lowest BCUT2D eigenvalue weighted by Crippen LogP contribution is -2.29. The highest BCUT2D eigenvalue weighted by molar-refractivity contribution is 5.94. The SMILES string of the molecule is CC(C)c1cccc(OCCNC(=O)c2ccc(F)c(F)c2F)c1. The number of ether oxygens (including phenoxy) is 1. The van der Waals surface area contributed by atoms with Gasteiger partial charge in [0, 0.05) is 0 Å². The van der Waals surface area contributed by atoms with Crippen molar-refractivity contribution in [2.75, 3.05) is 13.2 Å². The minimum atomic E-state index is -1.66. The molecule has 0 aliphatic rings. The van der Waals surface area contributed by atoms with Crippen LogP contribution >= 0.6 is 0 Å². The summed E-state index contributed by atoms with van der Waals surface area (Å²) >= 11 is 0. The van der Waals surface area contributed by atoms with Crippen LogP contribution in [-0.2, 0) is 0 Å². The third kappa shape index (κ3) is 4.28. The van der Waals surface area contributed by atoms with Gasteiger partial charge in [-0.25, -0.2) is 13.2 Å². The molecule has 2 rings (SSSR count). The van der Waals surface area contributed by atoms with E-state index < -0.39 is 28.9 Å². The maximum absolute atomic E-state index is 13.5. The molecule has 0 fully saturated rings. The molecule has 0 spiro atoms. The van der Waals surface area contributed by atoms with Gasteiger partial charge in [0.2, 0.25) is 0 Å². The molecule has 0 bridgehead atoms. The van der Waals surface area contributed by atoms with Gasteiger partial charge in [-0.1, -0.05) is 26.0 Å². The van der Waals surface area contributed by atoms with Crippen molar-refractivity contribution in [3.63, 3.8) is 0 Å². The van der Waals surface area contributed by atoms with Crippen LogP contribution in [0.1, 0.15) is 35.7 Å². The monoisotopic (exact) mass is 337 g/mol. The number of carbonyl (C=O) groups is 1. The second-order valence-corrected chi connectivity index (χ2v) is 5.55. The zero-order valence-corrected chi connectivity index (χ0v) is 13.4. The first kappa shape index (κ1) is 17.8. The van der Waals surface area contributed by atoms with E-state index in [1.54, 1.807) is 6.07 Å². The van der Waals surface area contributed by atoms with Gasteiger partial charge >= 0.3 is 0 Å². The fourth-order valence-electron chi connectivity index (χ4n) is 2.09. The Morgan fingerprint density at radius 1 is 1.12 bits per heavy atom. The summed E-state index contributed by atoms with van der Waals surface area (Å²) in [5, 5.41) is 2.40.